The number of benzene rings is 2. The Balaban J connectivity index is 1.59. The Labute approximate surface area is 201 Å². The lowest BCUT2D eigenvalue weighted by molar-refractivity contribution is 0.0746. The molecule has 0 radical (unpaired) electrons. The summed E-state index contributed by atoms with van der Waals surface area (Å²) in [4.78, 5) is 27.0. The molecule has 5 nitrogen and oxygen atoms in total. The molecule has 3 aromatic rings. The number of piperazine rings is 1. The van der Waals surface area contributed by atoms with Gasteiger partial charge in [-0.2, -0.15) is 0 Å². The first kappa shape index (κ1) is 23.2. The predicted octanol–water partition coefficient (Wildman–Crippen LogP) is 5.42. The van der Waals surface area contributed by atoms with Crippen molar-refractivity contribution in [3.8, 4) is 0 Å². The Kier molecular flexibility index (Phi) is 6.99. The van der Waals surface area contributed by atoms with Gasteiger partial charge in [0, 0.05) is 49.8 Å². The molecule has 2 heterocycles. The number of hydrogen-bond acceptors (Lipinski definition) is 4. The second-order valence-electron chi connectivity index (χ2n) is 9.05. The van der Waals surface area contributed by atoms with E-state index in [1.54, 1.807) is 12.1 Å². The monoisotopic (exact) mass is 462 g/mol. The van der Waals surface area contributed by atoms with Crippen LogP contribution >= 0.6 is 11.6 Å². The van der Waals surface area contributed by atoms with Gasteiger partial charge in [0.05, 0.1) is 10.6 Å². The molecule has 2 aromatic carbocycles. The van der Waals surface area contributed by atoms with Crippen LogP contribution in [0.2, 0.25) is 5.02 Å². The van der Waals surface area contributed by atoms with Gasteiger partial charge in [-0.25, -0.2) is 9.97 Å². The lowest BCUT2D eigenvalue weighted by Gasteiger charge is -2.37. The number of rotatable bonds is 5. The van der Waals surface area contributed by atoms with Crippen LogP contribution in [0.25, 0.3) is 0 Å². The van der Waals surface area contributed by atoms with Crippen molar-refractivity contribution in [3.05, 3.63) is 87.3 Å². The Morgan fingerprint density at radius 1 is 1.00 bits per heavy atom. The molecule has 0 aliphatic carbocycles. The van der Waals surface area contributed by atoms with Crippen molar-refractivity contribution in [2.24, 2.45) is 0 Å². The topological polar surface area (TPSA) is 49.3 Å². The van der Waals surface area contributed by atoms with Crippen LogP contribution in [0.15, 0.2) is 48.5 Å². The molecule has 1 aromatic heterocycles. The molecular formula is C27H31ClN4O. The first-order valence-electron chi connectivity index (χ1n) is 11.5. The molecule has 172 valence electrons. The molecule has 1 fully saturated rings. The predicted molar refractivity (Wildman–Crippen MR) is 134 cm³/mol. The van der Waals surface area contributed by atoms with E-state index in [1.807, 2.05) is 17.0 Å². The summed E-state index contributed by atoms with van der Waals surface area (Å²) in [6, 6.07) is 15.8. The summed E-state index contributed by atoms with van der Waals surface area (Å²) in [6.07, 6.45) is 0.792. The number of amides is 1. The van der Waals surface area contributed by atoms with Crippen molar-refractivity contribution in [2.75, 3.05) is 31.1 Å². The smallest absolute Gasteiger partial charge is 0.255 e. The summed E-state index contributed by atoms with van der Waals surface area (Å²) >= 11 is 6.26. The summed E-state index contributed by atoms with van der Waals surface area (Å²) in [5.74, 6) is 2.10. The third kappa shape index (κ3) is 5.19. The molecule has 1 saturated heterocycles. The SMILES string of the molecule is Cc1cccc(Cc2c(C)nc(C(C)C)nc2N2CCN(C(=O)c3ccccc3Cl)CC2)c1. The van der Waals surface area contributed by atoms with E-state index in [-0.39, 0.29) is 11.8 Å². The number of aromatic nitrogens is 2. The average Bonchev–Trinajstić information content (AvgIpc) is 2.80. The van der Waals surface area contributed by atoms with E-state index < -0.39 is 0 Å². The Morgan fingerprint density at radius 2 is 1.73 bits per heavy atom. The van der Waals surface area contributed by atoms with Crippen LogP contribution < -0.4 is 4.90 Å². The highest BCUT2D eigenvalue weighted by atomic mass is 35.5. The fourth-order valence-electron chi connectivity index (χ4n) is 4.28. The zero-order valence-corrected chi connectivity index (χ0v) is 20.6. The van der Waals surface area contributed by atoms with Gasteiger partial charge in [0.1, 0.15) is 11.6 Å². The van der Waals surface area contributed by atoms with Crippen LogP contribution in [-0.4, -0.2) is 47.0 Å². The van der Waals surface area contributed by atoms with E-state index in [0.29, 0.717) is 23.7 Å². The zero-order valence-electron chi connectivity index (χ0n) is 19.8. The fraction of sp³-hybridized carbons (Fsp3) is 0.370. The number of carbonyl (C=O) groups excluding carboxylic acids is 1. The van der Waals surface area contributed by atoms with Crippen LogP contribution in [0.4, 0.5) is 5.82 Å². The highest BCUT2D eigenvalue weighted by Gasteiger charge is 2.26. The summed E-state index contributed by atoms with van der Waals surface area (Å²) in [7, 11) is 0. The van der Waals surface area contributed by atoms with Gasteiger partial charge in [-0.3, -0.25) is 4.79 Å². The van der Waals surface area contributed by atoms with Gasteiger partial charge in [0.25, 0.3) is 5.91 Å². The molecule has 0 N–H and O–H groups in total. The van der Waals surface area contributed by atoms with E-state index in [4.69, 9.17) is 21.6 Å². The maximum atomic E-state index is 13.0. The van der Waals surface area contributed by atoms with Gasteiger partial charge < -0.3 is 9.80 Å². The quantitative estimate of drug-likeness (QED) is 0.507. The van der Waals surface area contributed by atoms with E-state index in [9.17, 15) is 4.79 Å². The Hall–Kier alpha value is -2.92. The minimum Gasteiger partial charge on any atom is -0.353 e. The van der Waals surface area contributed by atoms with Crippen LogP contribution in [0, 0.1) is 13.8 Å². The number of halogens is 1. The number of anilines is 1. The lowest BCUT2D eigenvalue weighted by atomic mass is 10.0. The molecule has 0 saturated carbocycles. The normalized spacial score (nSPS) is 14.1. The largest absolute Gasteiger partial charge is 0.353 e. The van der Waals surface area contributed by atoms with Gasteiger partial charge in [0.15, 0.2) is 0 Å². The van der Waals surface area contributed by atoms with Crippen LogP contribution in [0.5, 0.6) is 0 Å². The maximum Gasteiger partial charge on any atom is 0.255 e. The highest BCUT2D eigenvalue weighted by Crippen LogP contribution is 2.28. The molecule has 0 bridgehead atoms. The molecule has 0 atom stereocenters. The number of nitrogens with zero attached hydrogens (tertiary/aromatic N) is 4. The first-order chi connectivity index (χ1) is 15.8. The van der Waals surface area contributed by atoms with Crippen LogP contribution in [0.3, 0.4) is 0 Å². The maximum absolute atomic E-state index is 13.0. The summed E-state index contributed by atoms with van der Waals surface area (Å²) in [5.41, 5.74) is 5.26. The summed E-state index contributed by atoms with van der Waals surface area (Å²) in [5, 5.41) is 0.498. The Bertz CT molecular complexity index is 1150. The number of aryl methyl sites for hydroxylation is 2. The van der Waals surface area contributed by atoms with Crippen LogP contribution in [0.1, 0.15) is 58.3 Å². The molecule has 0 spiro atoms. The zero-order chi connectivity index (χ0) is 23.5. The van der Waals surface area contributed by atoms with Crippen molar-refractivity contribution >= 4 is 23.3 Å². The van der Waals surface area contributed by atoms with Crippen LogP contribution in [-0.2, 0) is 6.42 Å². The van der Waals surface area contributed by atoms with Gasteiger partial charge in [-0.05, 0) is 31.5 Å². The minimum atomic E-state index is -0.0121. The second-order valence-corrected chi connectivity index (χ2v) is 9.46. The minimum absolute atomic E-state index is 0.0121. The first-order valence-corrected chi connectivity index (χ1v) is 11.9. The molecule has 33 heavy (non-hydrogen) atoms. The second kappa shape index (κ2) is 9.92. The third-order valence-electron chi connectivity index (χ3n) is 6.16. The van der Waals surface area contributed by atoms with Gasteiger partial charge >= 0.3 is 0 Å². The molecule has 0 unspecified atom stereocenters. The molecular weight excluding hydrogens is 432 g/mol. The van der Waals surface area contributed by atoms with Crippen molar-refractivity contribution in [1.29, 1.82) is 0 Å². The summed E-state index contributed by atoms with van der Waals surface area (Å²) in [6.45, 7) is 11.2. The number of hydrogen-bond donors (Lipinski definition) is 0. The van der Waals surface area contributed by atoms with Gasteiger partial charge in [0.2, 0.25) is 0 Å². The standard InChI is InChI=1S/C27H31ClN4O/c1-18(2)25-29-20(4)23(17-21-9-7-8-19(3)16-21)26(30-25)31-12-14-32(15-13-31)27(33)22-10-5-6-11-24(22)28/h5-11,16,18H,12-15,17H2,1-4H3. The Morgan fingerprint density at radius 3 is 2.39 bits per heavy atom. The molecule has 4 rings (SSSR count). The van der Waals surface area contributed by atoms with Crippen molar-refractivity contribution in [3.63, 3.8) is 0 Å². The van der Waals surface area contributed by atoms with E-state index in [1.165, 1.54) is 11.1 Å². The molecule has 1 amide bonds. The third-order valence-corrected chi connectivity index (χ3v) is 6.49. The summed E-state index contributed by atoms with van der Waals surface area (Å²) < 4.78 is 0. The van der Waals surface area contributed by atoms with Gasteiger partial charge in [-0.1, -0.05) is 67.4 Å². The molecule has 1 aliphatic rings. The van der Waals surface area contributed by atoms with Gasteiger partial charge in [-0.15, -0.1) is 0 Å². The fourth-order valence-corrected chi connectivity index (χ4v) is 4.50. The number of carbonyl (C=O) groups is 1. The van der Waals surface area contributed by atoms with E-state index >= 15 is 0 Å². The van der Waals surface area contributed by atoms with Crippen molar-refractivity contribution < 1.29 is 4.79 Å². The van der Waals surface area contributed by atoms with Crippen molar-refractivity contribution in [1.82, 2.24) is 14.9 Å². The van der Waals surface area contributed by atoms with E-state index in [0.717, 1.165) is 42.4 Å². The molecule has 1 aliphatic heterocycles. The molecule has 6 heteroatoms. The highest BCUT2D eigenvalue weighted by molar-refractivity contribution is 6.33. The lowest BCUT2D eigenvalue weighted by Crippen LogP contribution is -2.49. The van der Waals surface area contributed by atoms with Crippen molar-refractivity contribution in [2.45, 2.75) is 40.0 Å². The average molecular weight is 463 g/mol. The van der Waals surface area contributed by atoms with E-state index in [2.05, 4.69) is 56.9 Å².